The maximum atomic E-state index is 12.1. The summed E-state index contributed by atoms with van der Waals surface area (Å²) in [6.45, 7) is 2.42. The zero-order valence-corrected chi connectivity index (χ0v) is 16.3. The molecule has 8 heteroatoms. The summed E-state index contributed by atoms with van der Waals surface area (Å²) in [5.74, 6) is 1.80. The van der Waals surface area contributed by atoms with E-state index in [0.717, 1.165) is 33.3 Å². The quantitative estimate of drug-likeness (QED) is 0.643. The van der Waals surface area contributed by atoms with Crippen molar-refractivity contribution in [2.75, 3.05) is 12.3 Å². The lowest BCUT2D eigenvalue weighted by atomic mass is 10.1. The van der Waals surface area contributed by atoms with Crippen LogP contribution in [0.4, 0.5) is 0 Å². The van der Waals surface area contributed by atoms with Crippen molar-refractivity contribution < 1.29 is 9.53 Å². The van der Waals surface area contributed by atoms with Gasteiger partial charge in [0.25, 0.3) is 0 Å². The number of hydrogen-bond donors (Lipinski definition) is 1. The van der Waals surface area contributed by atoms with Gasteiger partial charge in [-0.2, -0.15) is 0 Å². The third kappa shape index (κ3) is 4.28. The molecule has 0 radical (unpaired) electrons. The van der Waals surface area contributed by atoms with E-state index in [4.69, 9.17) is 4.74 Å². The van der Waals surface area contributed by atoms with Crippen molar-refractivity contribution in [3.05, 3.63) is 53.3 Å². The summed E-state index contributed by atoms with van der Waals surface area (Å²) in [5.41, 5.74) is 2.99. The molecule has 138 valence electrons. The minimum atomic E-state index is -0.0825. The number of nitrogens with one attached hydrogen (secondary N) is 1. The van der Waals surface area contributed by atoms with E-state index in [9.17, 15) is 4.79 Å². The number of rotatable bonds is 6. The molecule has 0 saturated carbocycles. The van der Waals surface area contributed by atoms with E-state index in [1.807, 2.05) is 30.5 Å². The molecule has 1 aromatic carbocycles. The predicted molar refractivity (Wildman–Crippen MR) is 106 cm³/mol. The summed E-state index contributed by atoms with van der Waals surface area (Å²) in [5, 5.41) is 4.94. The Morgan fingerprint density at radius 2 is 2.19 bits per heavy atom. The van der Waals surface area contributed by atoms with Gasteiger partial charge in [0.15, 0.2) is 10.2 Å². The minimum Gasteiger partial charge on any atom is -0.487 e. The van der Waals surface area contributed by atoms with Crippen molar-refractivity contribution in [3.63, 3.8) is 0 Å². The lowest BCUT2D eigenvalue weighted by molar-refractivity contribution is -0.118. The maximum Gasteiger partial charge on any atom is 0.230 e. The Bertz CT molecular complexity index is 946. The van der Waals surface area contributed by atoms with E-state index in [-0.39, 0.29) is 12.0 Å². The van der Waals surface area contributed by atoms with Crippen LogP contribution in [-0.4, -0.2) is 39.3 Å². The Balaban J connectivity index is 1.33. The van der Waals surface area contributed by atoms with Gasteiger partial charge < -0.3 is 10.1 Å². The summed E-state index contributed by atoms with van der Waals surface area (Å²) in [4.78, 5) is 25.1. The van der Waals surface area contributed by atoms with Crippen LogP contribution >= 0.6 is 23.1 Å². The van der Waals surface area contributed by atoms with Gasteiger partial charge in [-0.25, -0.2) is 15.0 Å². The molecule has 27 heavy (non-hydrogen) atoms. The molecule has 1 N–H and O–H groups in total. The Morgan fingerprint density at radius 3 is 2.96 bits per heavy atom. The Labute approximate surface area is 165 Å². The number of hydrogen-bond acceptors (Lipinski definition) is 7. The molecule has 4 rings (SSSR count). The molecule has 0 bridgehead atoms. The van der Waals surface area contributed by atoms with E-state index in [1.165, 1.54) is 11.8 Å². The van der Waals surface area contributed by atoms with Crippen molar-refractivity contribution in [2.45, 2.75) is 23.8 Å². The summed E-state index contributed by atoms with van der Waals surface area (Å²) >= 11 is 3.02. The molecule has 3 aromatic rings. The van der Waals surface area contributed by atoms with E-state index in [1.54, 1.807) is 29.8 Å². The molecule has 6 nitrogen and oxygen atoms in total. The molecule has 1 aliphatic rings. The number of thiazole rings is 1. The number of para-hydroxylation sites is 1. The highest BCUT2D eigenvalue weighted by atomic mass is 32.2. The number of benzene rings is 1. The third-order valence-corrected chi connectivity index (χ3v) is 6.23. The lowest BCUT2D eigenvalue weighted by Gasteiger charge is -2.13. The van der Waals surface area contributed by atoms with Gasteiger partial charge in [-0.05, 0) is 24.6 Å². The number of carbonyl (C=O) groups excluding carboxylic acids is 1. The third-order valence-electron chi connectivity index (χ3n) is 4.09. The average molecular weight is 399 g/mol. The average Bonchev–Trinajstić information content (AvgIpc) is 3.30. The number of nitrogens with zero attached hydrogens (tertiary/aromatic N) is 3. The first kappa shape index (κ1) is 17.9. The Hall–Kier alpha value is -2.45. The summed E-state index contributed by atoms with van der Waals surface area (Å²) in [6.07, 6.45) is 4.11. The van der Waals surface area contributed by atoms with Crippen LogP contribution in [0.5, 0.6) is 5.75 Å². The molecule has 0 spiro atoms. The first-order chi connectivity index (χ1) is 13.2. The molecular formula is C19H18N4O2S2. The van der Waals surface area contributed by atoms with E-state index >= 15 is 0 Å². The fourth-order valence-corrected chi connectivity index (χ4v) is 4.55. The zero-order chi connectivity index (χ0) is 18.6. The van der Waals surface area contributed by atoms with Crippen LogP contribution in [0.1, 0.15) is 11.3 Å². The van der Waals surface area contributed by atoms with Gasteiger partial charge >= 0.3 is 0 Å². The number of ether oxygens (including phenoxy) is 1. The predicted octanol–water partition coefficient (Wildman–Crippen LogP) is 3.12. The SMILES string of the molecule is Cc1csc(SCC(=O)NCC2Cc3cccc(-c4ncccn4)c3O2)n1. The van der Waals surface area contributed by atoms with Crippen LogP contribution in [0.3, 0.4) is 0 Å². The van der Waals surface area contributed by atoms with Crippen molar-refractivity contribution in [1.29, 1.82) is 0 Å². The highest BCUT2D eigenvalue weighted by Crippen LogP contribution is 2.37. The first-order valence-corrected chi connectivity index (χ1v) is 10.4. The number of thioether (sulfide) groups is 1. The van der Waals surface area contributed by atoms with Crippen molar-refractivity contribution in [1.82, 2.24) is 20.3 Å². The smallest absolute Gasteiger partial charge is 0.230 e. The van der Waals surface area contributed by atoms with Gasteiger partial charge in [0.2, 0.25) is 5.91 Å². The highest BCUT2D eigenvalue weighted by Gasteiger charge is 2.26. The second-order valence-corrected chi connectivity index (χ2v) is 8.24. The van der Waals surface area contributed by atoms with Crippen molar-refractivity contribution in [3.8, 4) is 17.1 Å². The fraction of sp³-hybridized carbons (Fsp3) is 0.263. The molecular weight excluding hydrogens is 380 g/mol. The first-order valence-electron chi connectivity index (χ1n) is 8.56. The van der Waals surface area contributed by atoms with Crippen LogP contribution in [0.2, 0.25) is 0 Å². The number of fused-ring (bicyclic) bond motifs is 1. The van der Waals surface area contributed by atoms with Crippen LogP contribution < -0.4 is 10.1 Å². The van der Waals surface area contributed by atoms with E-state index < -0.39 is 0 Å². The second-order valence-electron chi connectivity index (χ2n) is 6.16. The van der Waals surface area contributed by atoms with E-state index in [0.29, 0.717) is 18.1 Å². The van der Waals surface area contributed by atoms with Crippen LogP contribution in [0.15, 0.2) is 46.4 Å². The fourth-order valence-electron chi connectivity index (χ4n) is 2.87. The summed E-state index contributed by atoms with van der Waals surface area (Å²) < 4.78 is 7.01. The molecule has 2 aromatic heterocycles. The van der Waals surface area contributed by atoms with Gasteiger partial charge in [0, 0.05) is 29.9 Å². The van der Waals surface area contributed by atoms with Gasteiger partial charge in [0.05, 0.1) is 17.9 Å². The van der Waals surface area contributed by atoms with Gasteiger partial charge in [-0.15, -0.1) is 11.3 Å². The monoisotopic (exact) mass is 398 g/mol. The van der Waals surface area contributed by atoms with Crippen LogP contribution in [0.25, 0.3) is 11.4 Å². The molecule has 1 aliphatic heterocycles. The molecule has 3 heterocycles. The normalized spacial score (nSPS) is 15.2. The second kappa shape index (κ2) is 8.06. The molecule has 1 atom stereocenters. The maximum absolute atomic E-state index is 12.1. The molecule has 0 aliphatic carbocycles. The number of amides is 1. The van der Waals surface area contributed by atoms with Gasteiger partial charge in [0.1, 0.15) is 11.9 Å². The topological polar surface area (TPSA) is 77.0 Å². The Morgan fingerprint density at radius 1 is 1.33 bits per heavy atom. The number of carbonyl (C=O) groups is 1. The van der Waals surface area contributed by atoms with Gasteiger partial charge in [-0.1, -0.05) is 23.9 Å². The highest BCUT2D eigenvalue weighted by molar-refractivity contribution is 8.01. The standard InChI is InChI=1S/C19H18N4O2S2/c1-12-10-26-19(23-12)27-11-16(24)22-9-14-8-13-4-2-5-15(17(13)25-14)18-20-6-3-7-21-18/h2-7,10,14H,8-9,11H2,1H3,(H,22,24). The van der Waals surface area contributed by atoms with Crippen LogP contribution in [-0.2, 0) is 11.2 Å². The largest absolute Gasteiger partial charge is 0.487 e. The molecule has 0 saturated heterocycles. The summed E-state index contributed by atoms with van der Waals surface area (Å²) in [7, 11) is 0. The lowest BCUT2D eigenvalue weighted by Crippen LogP contribution is -2.35. The van der Waals surface area contributed by atoms with E-state index in [2.05, 4.69) is 20.3 Å². The Kier molecular flexibility index (Phi) is 5.35. The number of aryl methyl sites for hydroxylation is 1. The minimum absolute atomic E-state index is 0.0148. The summed E-state index contributed by atoms with van der Waals surface area (Å²) in [6, 6.07) is 7.78. The van der Waals surface area contributed by atoms with Crippen LogP contribution in [0, 0.1) is 6.92 Å². The zero-order valence-electron chi connectivity index (χ0n) is 14.7. The molecule has 1 unspecified atom stereocenters. The molecule has 1 amide bonds. The molecule has 0 fully saturated rings. The van der Waals surface area contributed by atoms with Crippen molar-refractivity contribution >= 4 is 29.0 Å². The van der Waals surface area contributed by atoms with Crippen molar-refractivity contribution in [2.24, 2.45) is 0 Å². The van der Waals surface area contributed by atoms with Gasteiger partial charge in [-0.3, -0.25) is 4.79 Å². The number of aromatic nitrogens is 3.